The summed E-state index contributed by atoms with van der Waals surface area (Å²) in [4.78, 5) is 0.469. The normalized spacial score (nSPS) is 18.0. The minimum atomic E-state index is 0.412. The summed E-state index contributed by atoms with van der Waals surface area (Å²) in [5, 5.41) is 3.58. The van der Waals surface area contributed by atoms with Crippen molar-refractivity contribution >= 4 is 22.9 Å². The van der Waals surface area contributed by atoms with Gasteiger partial charge in [-0.1, -0.05) is 44.5 Å². The largest absolute Gasteiger partial charge is 0.389 e. The molecule has 3 heteroatoms. The average molecular weight is 276 g/mol. The first-order chi connectivity index (χ1) is 9.00. The van der Waals surface area contributed by atoms with Crippen LogP contribution in [0.3, 0.4) is 0 Å². The van der Waals surface area contributed by atoms with Gasteiger partial charge in [-0.05, 0) is 42.9 Å². The second-order valence-corrected chi connectivity index (χ2v) is 6.58. The molecule has 1 aliphatic rings. The second kappa shape index (κ2) is 5.91. The number of hydrogen-bond donors (Lipinski definition) is 2. The Morgan fingerprint density at radius 1 is 1.32 bits per heavy atom. The summed E-state index contributed by atoms with van der Waals surface area (Å²) in [5.74, 6) is 0. The van der Waals surface area contributed by atoms with E-state index in [-0.39, 0.29) is 0 Å². The van der Waals surface area contributed by atoms with E-state index in [4.69, 9.17) is 18.0 Å². The highest BCUT2D eigenvalue weighted by atomic mass is 32.1. The van der Waals surface area contributed by atoms with Gasteiger partial charge in [0.05, 0.1) is 0 Å². The fourth-order valence-corrected chi connectivity index (χ4v) is 3.09. The van der Waals surface area contributed by atoms with Crippen LogP contribution in [-0.2, 0) is 0 Å². The number of aryl methyl sites for hydroxylation is 1. The van der Waals surface area contributed by atoms with Gasteiger partial charge < -0.3 is 11.1 Å². The molecule has 2 nitrogen and oxygen atoms in total. The van der Waals surface area contributed by atoms with Gasteiger partial charge in [0, 0.05) is 17.8 Å². The van der Waals surface area contributed by atoms with Crippen LogP contribution in [-0.4, -0.2) is 11.5 Å². The van der Waals surface area contributed by atoms with E-state index >= 15 is 0 Å². The molecule has 1 fully saturated rings. The Hall–Kier alpha value is -1.09. The van der Waals surface area contributed by atoms with Crippen molar-refractivity contribution in [3.05, 3.63) is 29.3 Å². The van der Waals surface area contributed by atoms with E-state index in [1.165, 1.54) is 37.7 Å². The lowest BCUT2D eigenvalue weighted by molar-refractivity contribution is 0.233. The molecule has 19 heavy (non-hydrogen) atoms. The summed E-state index contributed by atoms with van der Waals surface area (Å²) >= 11 is 5.13. The minimum absolute atomic E-state index is 0.412. The molecule has 2 rings (SSSR count). The summed E-state index contributed by atoms with van der Waals surface area (Å²) in [5.41, 5.74) is 9.48. The first kappa shape index (κ1) is 14.3. The third-order valence-electron chi connectivity index (χ3n) is 4.21. The average Bonchev–Trinajstić information content (AvgIpc) is 2.37. The fraction of sp³-hybridized carbons (Fsp3) is 0.562. The molecule has 0 radical (unpaired) electrons. The molecular weight excluding hydrogens is 252 g/mol. The Morgan fingerprint density at radius 2 is 2.00 bits per heavy atom. The lowest BCUT2D eigenvalue weighted by atomic mass is 9.75. The van der Waals surface area contributed by atoms with Crippen molar-refractivity contribution in [2.75, 3.05) is 11.9 Å². The predicted octanol–water partition coefficient (Wildman–Crippen LogP) is 4.01. The van der Waals surface area contributed by atoms with Crippen LogP contribution >= 0.6 is 12.2 Å². The summed E-state index contributed by atoms with van der Waals surface area (Å²) in [7, 11) is 0. The molecule has 1 aliphatic carbocycles. The maximum absolute atomic E-state index is 5.80. The zero-order valence-corrected chi connectivity index (χ0v) is 12.8. The Morgan fingerprint density at radius 3 is 2.63 bits per heavy atom. The Labute approximate surface area is 121 Å². The number of anilines is 1. The summed E-state index contributed by atoms with van der Waals surface area (Å²) in [6.07, 6.45) is 6.73. The second-order valence-electron chi connectivity index (χ2n) is 6.14. The van der Waals surface area contributed by atoms with Crippen molar-refractivity contribution in [2.45, 2.75) is 46.0 Å². The molecule has 0 saturated heterocycles. The molecule has 0 unspecified atom stereocenters. The van der Waals surface area contributed by atoms with Crippen LogP contribution in [0.2, 0.25) is 0 Å². The highest BCUT2D eigenvalue weighted by Crippen LogP contribution is 2.36. The van der Waals surface area contributed by atoms with Crippen LogP contribution in [0.5, 0.6) is 0 Å². The van der Waals surface area contributed by atoms with Crippen LogP contribution in [0.1, 0.15) is 50.2 Å². The number of nitrogens with two attached hydrogens (primary N) is 1. The van der Waals surface area contributed by atoms with Crippen molar-refractivity contribution < 1.29 is 0 Å². The molecule has 0 heterocycles. The number of rotatable bonds is 4. The molecule has 0 amide bonds. The van der Waals surface area contributed by atoms with Crippen molar-refractivity contribution in [1.29, 1.82) is 0 Å². The Balaban J connectivity index is 2.10. The monoisotopic (exact) mass is 276 g/mol. The lowest BCUT2D eigenvalue weighted by Gasteiger charge is -2.34. The molecule has 1 aromatic carbocycles. The Bertz CT molecular complexity index is 462. The Kier molecular flexibility index (Phi) is 4.46. The molecule has 3 N–H and O–H groups in total. The molecule has 0 aromatic heterocycles. The highest BCUT2D eigenvalue weighted by molar-refractivity contribution is 7.80. The van der Waals surface area contributed by atoms with Gasteiger partial charge in [0.15, 0.2) is 0 Å². The van der Waals surface area contributed by atoms with Gasteiger partial charge in [0.2, 0.25) is 0 Å². The molecule has 0 bridgehead atoms. The summed E-state index contributed by atoms with van der Waals surface area (Å²) in [6.45, 7) is 5.48. The number of nitrogens with one attached hydrogen (secondary N) is 1. The molecule has 0 spiro atoms. The highest BCUT2D eigenvalue weighted by Gasteiger charge is 2.26. The van der Waals surface area contributed by atoms with E-state index in [1.54, 1.807) is 0 Å². The van der Waals surface area contributed by atoms with Crippen LogP contribution in [0.25, 0.3) is 0 Å². The van der Waals surface area contributed by atoms with E-state index < -0.39 is 0 Å². The topological polar surface area (TPSA) is 38.0 Å². The van der Waals surface area contributed by atoms with Crippen LogP contribution in [0.15, 0.2) is 18.2 Å². The third-order valence-corrected chi connectivity index (χ3v) is 4.43. The lowest BCUT2D eigenvalue weighted by Crippen LogP contribution is -2.29. The van der Waals surface area contributed by atoms with Gasteiger partial charge in [-0.25, -0.2) is 0 Å². The zero-order chi connectivity index (χ0) is 13.9. The van der Waals surface area contributed by atoms with Crippen molar-refractivity contribution in [2.24, 2.45) is 11.1 Å². The van der Waals surface area contributed by atoms with E-state index in [0.29, 0.717) is 10.4 Å². The van der Waals surface area contributed by atoms with E-state index in [2.05, 4.69) is 31.3 Å². The number of benzene rings is 1. The summed E-state index contributed by atoms with van der Waals surface area (Å²) in [6, 6.07) is 6.21. The number of hydrogen-bond acceptors (Lipinski definition) is 2. The van der Waals surface area contributed by atoms with Crippen molar-refractivity contribution in [3.8, 4) is 0 Å². The van der Waals surface area contributed by atoms with Gasteiger partial charge in [0.1, 0.15) is 4.99 Å². The van der Waals surface area contributed by atoms with Crippen LogP contribution < -0.4 is 11.1 Å². The maximum atomic E-state index is 5.80. The van der Waals surface area contributed by atoms with Gasteiger partial charge >= 0.3 is 0 Å². The first-order valence-electron chi connectivity index (χ1n) is 7.15. The minimum Gasteiger partial charge on any atom is -0.389 e. The molecule has 0 atom stereocenters. The molecule has 104 valence electrons. The fourth-order valence-electron chi connectivity index (χ4n) is 2.91. The third kappa shape index (κ3) is 3.69. The SMILES string of the molecule is Cc1ccc(C(N)=S)c(NCC2(C)CCCCC2)c1. The van der Waals surface area contributed by atoms with E-state index in [9.17, 15) is 0 Å². The summed E-state index contributed by atoms with van der Waals surface area (Å²) < 4.78 is 0. The van der Waals surface area contributed by atoms with Crippen LogP contribution in [0.4, 0.5) is 5.69 Å². The molecule has 1 saturated carbocycles. The van der Waals surface area contributed by atoms with Crippen molar-refractivity contribution in [1.82, 2.24) is 0 Å². The van der Waals surface area contributed by atoms with E-state index in [0.717, 1.165) is 17.8 Å². The van der Waals surface area contributed by atoms with Crippen LogP contribution in [0, 0.1) is 12.3 Å². The quantitative estimate of drug-likeness (QED) is 0.816. The van der Waals surface area contributed by atoms with Gasteiger partial charge in [-0.15, -0.1) is 0 Å². The molecular formula is C16H24N2S. The smallest absolute Gasteiger partial charge is 0.106 e. The van der Waals surface area contributed by atoms with Gasteiger partial charge in [-0.2, -0.15) is 0 Å². The van der Waals surface area contributed by atoms with E-state index in [1.807, 2.05) is 6.07 Å². The molecule has 0 aliphatic heterocycles. The standard InChI is InChI=1S/C16H24N2S/c1-12-6-7-13(15(17)19)14(10-12)18-11-16(2)8-4-3-5-9-16/h6-7,10,18H,3-5,8-9,11H2,1-2H3,(H2,17,19). The zero-order valence-electron chi connectivity index (χ0n) is 12.0. The van der Waals surface area contributed by atoms with Crippen molar-refractivity contribution in [3.63, 3.8) is 0 Å². The maximum Gasteiger partial charge on any atom is 0.106 e. The van der Waals surface area contributed by atoms with Gasteiger partial charge in [0.25, 0.3) is 0 Å². The number of thiocarbonyl (C=S) groups is 1. The first-order valence-corrected chi connectivity index (χ1v) is 7.55. The predicted molar refractivity (Wildman–Crippen MR) is 86.7 cm³/mol. The van der Waals surface area contributed by atoms with Gasteiger partial charge in [-0.3, -0.25) is 0 Å². The molecule has 1 aromatic rings.